The number of carbonyl (C=O) groups excluding carboxylic acids is 1. The molecule has 6 nitrogen and oxygen atoms in total. The number of rotatable bonds is 5. The number of nitrogens with zero attached hydrogens (tertiary/aromatic N) is 2. The number of amides is 1. The number of carbonyl (C=O) groups is 2. The van der Waals surface area contributed by atoms with E-state index in [1.165, 1.54) is 11.3 Å². The molecule has 0 atom stereocenters. The summed E-state index contributed by atoms with van der Waals surface area (Å²) in [6.07, 6.45) is 2.01. The molecule has 2 heterocycles. The number of aromatic nitrogens is 2. The van der Waals surface area contributed by atoms with Crippen LogP contribution in [0, 0.1) is 0 Å². The molecule has 0 saturated carbocycles. The second-order valence-electron chi connectivity index (χ2n) is 4.72. The average Bonchev–Trinajstić information content (AvgIpc) is 3.08. The Hall–Kier alpha value is -2.67. The zero-order chi connectivity index (χ0) is 15.5. The van der Waals surface area contributed by atoms with Gasteiger partial charge in [-0.05, 0) is 0 Å². The van der Waals surface area contributed by atoms with Gasteiger partial charge in [-0.1, -0.05) is 30.3 Å². The summed E-state index contributed by atoms with van der Waals surface area (Å²) < 4.78 is 1.87. The molecule has 0 aliphatic carbocycles. The summed E-state index contributed by atoms with van der Waals surface area (Å²) in [6, 6.07) is 9.80. The molecule has 0 saturated heterocycles. The van der Waals surface area contributed by atoms with Crippen molar-refractivity contribution in [1.82, 2.24) is 14.7 Å². The van der Waals surface area contributed by atoms with E-state index in [2.05, 4.69) is 10.3 Å². The molecule has 22 heavy (non-hydrogen) atoms. The molecule has 2 aromatic heterocycles. The minimum absolute atomic E-state index is 0.123. The van der Waals surface area contributed by atoms with Crippen molar-refractivity contribution in [2.45, 2.75) is 6.42 Å². The first-order valence-corrected chi connectivity index (χ1v) is 7.51. The number of aliphatic carboxylic acids is 1. The summed E-state index contributed by atoms with van der Waals surface area (Å²) in [6.45, 7) is -0.370. The standard InChI is InChI=1S/C15H13N3O3S/c19-13(16-7-14(20)21)6-11-9-22-15-17-12(8-18(11)15)10-4-2-1-3-5-10/h1-5,8-9H,6-7H2,(H,16,19)(H,20,21). The van der Waals surface area contributed by atoms with E-state index in [0.717, 1.165) is 21.9 Å². The third-order valence-corrected chi connectivity index (χ3v) is 4.02. The number of fused-ring (bicyclic) bond motifs is 1. The second-order valence-corrected chi connectivity index (χ2v) is 5.56. The summed E-state index contributed by atoms with van der Waals surface area (Å²) >= 11 is 1.45. The van der Waals surface area contributed by atoms with Gasteiger partial charge in [0.15, 0.2) is 4.96 Å². The van der Waals surface area contributed by atoms with Crippen LogP contribution in [0.4, 0.5) is 0 Å². The van der Waals surface area contributed by atoms with E-state index in [1.54, 1.807) is 0 Å². The summed E-state index contributed by atoms with van der Waals surface area (Å²) in [7, 11) is 0. The molecule has 0 fully saturated rings. The number of nitrogens with one attached hydrogen (secondary N) is 1. The molecule has 1 amide bonds. The maximum Gasteiger partial charge on any atom is 0.322 e. The van der Waals surface area contributed by atoms with E-state index in [4.69, 9.17) is 5.11 Å². The first-order valence-electron chi connectivity index (χ1n) is 6.63. The van der Waals surface area contributed by atoms with Gasteiger partial charge in [-0.3, -0.25) is 14.0 Å². The van der Waals surface area contributed by atoms with Gasteiger partial charge in [0.1, 0.15) is 6.54 Å². The third kappa shape index (κ3) is 2.99. The average molecular weight is 315 g/mol. The zero-order valence-electron chi connectivity index (χ0n) is 11.5. The van der Waals surface area contributed by atoms with E-state index in [0.29, 0.717) is 0 Å². The first-order chi connectivity index (χ1) is 10.6. The monoisotopic (exact) mass is 315 g/mol. The highest BCUT2D eigenvalue weighted by atomic mass is 32.1. The van der Waals surface area contributed by atoms with Crippen molar-refractivity contribution in [3.05, 3.63) is 47.6 Å². The van der Waals surface area contributed by atoms with Crippen molar-refractivity contribution in [1.29, 1.82) is 0 Å². The van der Waals surface area contributed by atoms with Gasteiger partial charge in [0, 0.05) is 22.8 Å². The van der Waals surface area contributed by atoms with Crippen LogP contribution in [-0.2, 0) is 16.0 Å². The van der Waals surface area contributed by atoms with Crippen molar-refractivity contribution in [3.8, 4) is 11.3 Å². The van der Waals surface area contributed by atoms with Crippen molar-refractivity contribution in [2.24, 2.45) is 0 Å². The molecule has 0 aliphatic heterocycles. The van der Waals surface area contributed by atoms with Crippen molar-refractivity contribution < 1.29 is 14.7 Å². The van der Waals surface area contributed by atoms with E-state index >= 15 is 0 Å². The number of thiazole rings is 1. The SMILES string of the molecule is O=C(O)CNC(=O)Cc1csc2nc(-c3ccccc3)cn12. The molecule has 7 heteroatoms. The number of hydrogen-bond acceptors (Lipinski definition) is 4. The topological polar surface area (TPSA) is 83.7 Å². The van der Waals surface area contributed by atoms with Crippen molar-refractivity contribution in [3.63, 3.8) is 0 Å². The lowest BCUT2D eigenvalue weighted by Gasteiger charge is -2.01. The lowest BCUT2D eigenvalue weighted by atomic mass is 10.2. The van der Waals surface area contributed by atoms with Crippen LogP contribution in [0.25, 0.3) is 16.2 Å². The van der Waals surface area contributed by atoms with E-state index in [1.807, 2.05) is 46.3 Å². The molecular formula is C15H13N3O3S. The predicted octanol–water partition coefficient (Wildman–Crippen LogP) is 1.81. The molecule has 112 valence electrons. The van der Waals surface area contributed by atoms with Gasteiger partial charge in [-0.2, -0.15) is 0 Å². The Balaban J connectivity index is 1.81. The molecule has 0 unspecified atom stereocenters. The molecular weight excluding hydrogens is 302 g/mol. The van der Waals surface area contributed by atoms with Crippen LogP contribution in [0.5, 0.6) is 0 Å². The normalized spacial score (nSPS) is 10.7. The van der Waals surface area contributed by atoms with Crippen LogP contribution < -0.4 is 5.32 Å². The Morgan fingerprint density at radius 1 is 1.27 bits per heavy atom. The fraction of sp³-hybridized carbons (Fsp3) is 0.133. The highest BCUT2D eigenvalue weighted by Gasteiger charge is 2.12. The van der Waals surface area contributed by atoms with Crippen LogP contribution in [0.15, 0.2) is 41.9 Å². The summed E-state index contributed by atoms with van der Waals surface area (Å²) in [4.78, 5) is 27.5. The van der Waals surface area contributed by atoms with Gasteiger partial charge in [0.05, 0.1) is 12.1 Å². The molecule has 0 spiro atoms. The molecule has 3 aromatic rings. The quantitative estimate of drug-likeness (QED) is 0.752. The van der Waals surface area contributed by atoms with Crippen molar-refractivity contribution >= 4 is 28.2 Å². The first kappa shape index (κ1) is 14.3. The van der Waals surface area contributed by atoms with E-state index < -0.39 is 5.97 Å². The summed E-state index contributed by atoms with van der Waals surface area (Å²) in [5.74, 6) is -1.38. The number of carboxylic acid groups (broad SMARTS) is 1. The van der Waals surface area contributed by atoms with Gasteiger partial charge in [-0.25, -0.2) is 4.98 Å². The van der Waals surface area contributed by atoms with Crippen LogP contribution in [0.1, 0.15) is 5.69 Å². The molecule has 0 aliphatic rings. The predicted molar refractivity (Wildman–Crippen MR) is 82.9 cm³/mol. The second kappa shape index (κ2) is 5.98. The Kier molecular flexibility index (Phi) is 3.88. The largest absolute Gasteiger partial charge is 0.480 e. The number of benzene rings is 1. The fourth-order valence-corrected chi connectivity index (χ4v) is 2.98. The molecule has 0 bridgehead atoms. The van der Waals surface area contributed by atoms with Crippen LogP contribution in [-0.4, -0.2) is 32.9 Å². The smallest absolute Gasteiger partial charge is 0.322 e. The highest BCUT2D eigenvalue weighted by molar-refractivity contribution is 7.15. The molecule has 1 aromatic carbocycles. The van der Waals surface area contributed by atoms with Gasteiger partial charge in [0.25, 0.3) is 0 Å². The van der Waals surface area contributed by atoms with Crippen molar-refractivity contribution in [2.75, 3.05) is 6.54 Å². The van der Waals surface area contributed by atoms with Crippen LogP contribution in [0.3, 0.4) is 0 Å². The van der Waals surface area contributed by atoms with E-state index in [9.17, 15) is 9.59 Å². The Morgan fingerprint density at radius 3 is 2.77 bits per heavy atom. The lowest BCUT2D eigenvalue weighted by molar-refractivity contribution is -0.137. The number of hydrogen-bond donors (Lipinski definition) is 2. The van der Waals surface area contributed by atoms with Gasteiger partial charge in [-0.15, -0.1) is 11.3 Å². The molecule has 0 radical (unpaired) electrons. The van der Waals surface area contributed by atoms with Crippen LogP contribution >= 0.6 is 11.3 Å². The minimum Gasteiger partial charge on any atom is -0.480 e. The maximum atomic E-state index is 11.7. The Morgan fingerprint density at radius 2 is 2.05 bits per heavy atom. The Bertz CT molecular complexity index is 823. The van der Waals surface area contributed by atoms with Gasteiger partial charge < -0.3 is 10.4 Å². The molecule has 2 N–H and O–H groups in total. The van der Waals surface area contributed by atoms with E-state index in [-0.39, 0.29) is 18.9 Å². The fourth-order valence-electron chi connectivity index (χ4n) is 2.11. The number of carboxylic acids is 1. The summed E-state index contributed by atoms with van der Waals surface area (Å²) in [5, 5.41) is 12.8. The number of imidazole rings is 1. The van der Waals surface area contributed by atoms with Gasteiger partial charge in [0.2, 0.25) is 5.91 Å². The van der Waals surface area contributed by atoms with Crippen LogP contribution in [0.2, 0.25) is 0 Å². The Labute approximate surface area is 130 Å². The zero-order valence-corrected chi connectivity index (χ0v) is 12.3. The minimum atomic E-state index is -1.06. The van der Waals surface area contributed by atoms with Gasteiger partial charge >= 0.3 is 5.97 Å². The lowest BCUT2D eigenvalue weighted by Crippen LogP contribution is -2.30. The molecule has 3 rings (SSSR count). The summed E-state index contributed by atoms with van der Waals surface area (Å²) in [5.41, 5.74) is 2.65. The maximum absolute atomic E-state index is 11.7. The highest BCUT2D eigenvalue weighted by Crippen LogP contribution is 2.23. The third-order valence-electron chi connectivity index (χ3n) is 3.13.